The lowest BCUT2D eigenvalue weighted by Gasteiger charge is -2.18. The highest BCUT2D eigenvalue weighted by molar-refractivity contribution is 7.89. The van der Waals surface area contributed by atoms with Gasteiger partial charge in [0.15, 0.2) is 0 Å². The van der Waals surface area contributed by atoms with Gasteiger partial charge in [-0.15, -0.1) is 12.4 Å². The Morgan fingerprint density at radius 2 is 2.14 bits per heavy atom. The molecule has 0 bridgehead atoms. The summed E-state index contributed by atoms with van der Waals surface area (Å²) < 4.78 is 25.9. The van der Waals surface area contributed by atoms with E-state index in [1.165, 1.54) is 13.1 Å². The van der Waals surface area contributed by atoms with Gasteiger partial charge in [0.1, 0.15) is 0 Å². The average Bonchev–Trinajstić information content (AvgIpc) is 2.87. The van der Waals surface area contributed by atoms with Gasteiger partial charge in [0.05, 0.1) is 4.90 Å². The van der Waals surface area contributed by atoms with E-state index in [2.05, 4.69) is 4.72 Å². The largest absolute Gasteiger partial charge is 0.328 e. The second-order valence-corrected chi connectivity index (χ2v) is 7.20. The lowest BCUT2D eigenvalue weighted by molar-refractivity contribution is -0.118. The zero-order valence-electron chi connectivity index (χ0n) is 12.7. The van der Waals surface area contributed by atoms with Crippen molar-refractivity contribution in [3.8, 4) is 0 Å². The van der Waals surface area contributed by atoms with E-state index >= 15 is 0 Å². The number of rotatable bonds is 5. The van der Waals surface area contributed by atoms with Crippen molar-refractivity contribution in [1.29, 1.82) is 0 Å². The molecule has 1 aromatic rings. The Labute approximate surface area is 137 Å². The maximum atomic E-state index is 12.2. The molecule has 0 fully saturated rings. The number of sulfonamides is 1. The summed E-state index contributed by atoms with van der Waals surface area (Å²) in [4.78, 5) is 14.1. The number of amides is 1. The molecule has 1 aromatic carbocycles. The van der Waals surface area contributed by atoms with Crippen LogP contribution in [0.2, 0.25) is 0 Å². The highest BCUT2D eigenvalue weighted by Crippen LogP contribution is 2.30. The fourth-order valence-corrected chi connectivity index (χ4v) is 3.19. The number of fused-ring (bicyclic) bond motifs is 1. The Morgan fingerprint density at radius 3 is 2.73 bits per heavy atom. The summed E-state index contributed by atoms with van der Waals surface area (Å²) >= 11 is 0. The van der Waals surface area contributed by atoms with Crippen LogP contribution >= 0.6 is 12.4 Å². The van der Waals surface area contributed by atoms with E-state index in [9.17, 15) is 13.2 Å². The number of nitrogens with zero attached hydrogens (tertiary/aromatic N) is 1. The highest BCUT2D eigenvalue weighted by atomic mass is 35.5. The smallest absolute Gasteiger partial charge is 0.240 e. The van der Waals surface area contributed by atoms with Crippen molar-refractivity contribution in [2.75, 3.05) is 18.5 Å². The second-order valence-electron chi connectivity index (χ2n) is 5.31. The van der Waals surface area contributed by atoms with Crippen molar-refractivity contribution in [2.45, 2.75) is 37.1 Å². The van der Waals surface area contributed by atoms with Crippen LogP contribution in [0.15, 0.2) is 23.1 Å². The summed E-state index contributed by atoms with van der Waals surface area (Å²) in [5, 5.41) is 0. The highest BCUT2D eigenvalue weighted by Gasteiger charge is 2.26. The minimum atomic E-state index is -3.45. The van der Waals surface area contributed by atoms with Crippen LogP contribution in [-0.4, -0.2) is 34.0 Å². The predicted molar refractivity (Wildman–Crippen MR) is 88.9 cm³/mol. The molecule has 124 valence electrons. The van der Waals surface area contributed by atoms with Crippen LogP contribution < -0.4 is 15.4 Å². The standard InChI is InChI=1S/C14H21N3O3S.ClH/c1-10(15)3-6-14(18)17-8-7-11-9-12(4-5-13(11)17)21(19,20)16-2;/h4-5,9-10,16H,3,6-8,15H2,1-2H3;1H. The number of carbonyl (C=O) groups excluding carboxylic acids is 1. The number of hydrogen-bond acceptors (Lipinski definition) is 4. The number of hydrogen-bond donors (Lipinski definition) is 2. The SMILES string of the molecule is CNS(=O)(=O)c1ccc2c(c1)CCN2C(=O)CCC(C)N.Cl. The second kappa shape index (κ2) is 7.41. The zero-order chi connectivity index (χ0) is 15.6. The Bertz CT molecular complexity index is 647. The van der Waals surface area contributed by atoms with E-state index in [1.54, 1.807) is 17.0 Å². The fourth-order valence-electron chi connectivity index (χ4n) is 2.41. The van der Waals surface area contributed by atoms with Crippen molar-refractivity contribution in [2.24, 2.45) is 5.73 Å². The van der Waals surface area contributed by atoms with Crippen molar-refractivity contribution in [1.82, 2.24) is 4.72 Å². The Morgan fingerprint density at radius 1 is 1.45 bits per heavy atom. The molecule has 0 radical (unpaired) electrons. The lowest BCUT2D eigenvalue weighted by Crippen LogP contribution is -2.30. The van der Waals surface area contributed by atoms with Gasteiger partial charge in [-0.05, 0) is 50.6 Å². The molecule has 1 heterocycles. The van der Waals surface area contributed by atoms with Crippen molar-refractivity contribution in [3.63, 3.8) is 0 Å². The molecule has 0 saturated carbocycles. The van der Waals surface area contributed by atoms with Gasteiger partial charge in [0.25, 0.3) is 0 Å². The van der Waals surface area contributed by atoms with Crippen LogP contribution in [0.25, 0.3) is 0 Å². The molecule has 3 N–H and O–H groups in total. The summed E-state index contributed by atoms with van der Waals surface area (Å²) in [6.07, 6.45) is 1.73. The third-order valence-electron chi connectivity index (χ3n) is 3.64. The Kier molecular flexibility index (Phi) is 6.37. The molecule has 8 heteroatoms. The van der Waals surface area contributed by atoms with Gasteiger partial charge in [0, 0.05) is 24.7 Å². The molecule has 1 unspecified atom stereocenters. The van der Waals surface area contributed by atoms with Gasteiger partial charge < -0.3 is 10.6 Å². The summed E-state index contributed by atoms with van der Waals surface area (Å²) in [6.45, 7) is 2.47. The first-order chi connectivity index (χ1) is 9.85. The van der Waals surface area contributed by atoms with E-state index in [0.29, 0.717) is 25.8 Å². The summed E-state index contributed by atoms with van der Waals surface area (Å²) in [5.74, 6) is 0.0373. The number of benzene rings is 1. The molecular weight excluding hydrogens is 326 g/mol. The van der Waals surface area contributed by atoms with E-state index < -0.39 is 10.0 Å². The molecule has 0 spiro atoms. The quantitative estimate of drug-likeness (QED) is 0.832. The first-order valence-electron chi connectivity index (χ1n) is 6.97. The van der Waals surface area contributed by atoms with E-state index in [1.807, 2.05) is 6.92 Å². The fraction of sp³-hybridized carbons (Fsp3) is 0.500. The van der Waals surface area contributed by atoms with Crippen LogP contribution in [0.1, 0.15) is 25.3 Å². The third-order valence-corrected chi connectivity index (χ3v) is 5.05. The van der Waals surface area contributed by atoms with Crippen LogP contribution in [0.4, 0.5) is 5.69 Å². The molecule has 0 saturated heterocycles. The summed E-state index contributed by atoms with van der Waals surface area (Å²) in [5.41, 5.74) is 7.37. The molecule has 1 aliphatic heterocycles. The van der Waals surface area contributed by atoms with Gasteiger partial charge >= 0.3 is 0 Å². The molecule has 22 heavy (non-hydrogen) atoms. The van der Waals surface area contributed by atoms with E-state index in [-0.39, 0.29) is 29.3 Å². The van der Waals surface area contributed by atoms with Gasteiger partial charge in [-0.2, -0.15) is 0 Å². The number of carbonyl (C=O) groups is 1. The van der Waals surface area contributed by atoms with Gasteiger partial charge in [-0.3, -0.25) is 4.79 Å². The van der Waals surface area contributed by atoms with E-state index in [0.717, 1.165) is 11.3 Å². The molecule has 1 amide bonds. The number of nitrogens with one attached hydrogen (secondary N) is 1. The van der Waals surface area contributed by atoms with Crippen LogP contribution in [0.5, 0.6) is 0 Å². The van der Waals surface area contributed by atoms with Crippen molar-refractivity contribution < 1.29 is 13.2 Å². The minimum absolute atomic E-state index is 0. The molecule has 0 aliphatic carbocycles. The topological polar surface area (TPSA) is 92.5 Å². The van der Waals surface area contributed by atoms with E-state index in [4.69, 9.17) is 5.73 Å². The number of halogens is 1. The van der Waals surface area contributed by atoms with Gasteiger partial charge in [0.2, 0.25) is 15.9 Å². The predicted octanol–water partition coefficient (Wildman–Crippen LogP) is 1.03. The Hall–Kier alpha value is -1.15. The number of nitrogens with two attached hydrogens (primary N) is 1. The van der Waals surface area contributed by atoms with Crippen LogP contribution in [-0.2, 0) is 21.2 Å². The molecule has 0 aromatic heterocycles. The van der Waals surface area contributed by atoms with Gasteiger partial charge in [-0.1, -0.05) is 0 Å². The first-order valence-corrected chi connectivity index (χ1v) is 8.46. The van der Waals surface area contributed by atoms with Crippen molar-refractivity contribution >= 4 is 34.0 Å². The maximum absolute atomic E-state index is 12.2. The molecule has 1 aliphatic rings. The first kappa shape index (κ1) is 18.9. The van der Waals surface area contributed by atoms with Crippen LogP contribution in [0, 0.1) is 0 Å². The Balaban J connectivity index is 0.00000242. The normalized spacial score (nSPS) is 15.1. The number of anilines is 1. The maximum Gasteiger partial charge on any atom is 0.240 e. The zero-order valence-corrected chi connectivity index (χ0v) is 14.3. The average molecular weight is 348 g/mol. The monoisotopic (exact) mass is 347 g/mol. The van der Waals surface area contributed by atoms with Crippen molar-refractivity contribution in [3.05, 3.63) is 23.8 Å². The molecule has 1 atom stereocenters. The summed E-state index contributed by atoms with van der Waals surface area (Å²) in [6, 6.07) is 4.87. The van der Waals surface area contributed by atoms with Gasteiger partial charge in [-0.25, -0.2) is 13.1 Å². The molecular formula is C14H22ClN3O3S. The third kappa shape index (κ3) is 3.98. The molecule has 6 nitrogen and oxygen atoms in total. The van der Waals surface area contributed by atoms with Crippen LogP contribution in [0.3, 0.4) is 0 Å². The summed E-state index contributed by atoms with van der Waals surface area (Å²) in [7, 11) is -2.07. The minimum Gasteiger partial charge on any atom is -0.328 e. The molecule has 2 rings (SSSR count). The lowest BCUT2D eigenvalue weighted by atomic mass is 10.1.